The highest BCUT2D eigenvalue weighted by atomic mass is 16.5. The van der Waals surface area contributed by atoms with Crippen molar-refractivity contribution in [3.8, 4) is 5.75 Å². The minimum Gasteiger partial charge on any atom is -0.491 e. The van der Waals surface area contributed by atoms with Gasteiger partial charge in [-0.15, -0.1) is 0 Å². The molecule has 0 saturated carbocycles. The second kappa shape index (κ2) is 9.06. The highest BCUT2D eigenvalue weighted by Gasteiger charge is 2.30. The number of hydrogen-bond donors (Lipinski definition) is 2. The molecule has 1 aliphatic heterocycles. The number of urea groups is 1. The lowest BCUT2D eigenvalue weighted by Crippen LogP contribution is -2.58. The molecule has 140 valence electrons. The summed E-state index contributed by atoms with van der Waals surface area (Å²) in [5, 5.41) is 5.82. The van der Waals surface area contributed by atoms with E-state index in [0.29, 0.717) is 24.6 Å². The van der Waals surface area contributed by atoms with Gasteiger partial charge in [-0.25, -0.2) is 4.79 Å². The van der Waals surface area contributed by atoms with E-state index in [1.807, 2.05) is 24.3 Å². The monoisotopic (exact) mass is 348 g/mol. The van der Waals surface area contributed by atoms with Gasteiger partial charge in [0.15, 0.2) is 0 Å². The van der Waals surface area contributed by atoms with E-state index in [2.05, 4.69) is 48.3 Å². The van der Waals surface area contributed by atoms with Crippen molar-refractivity contribution in [2.24, 2.45) is 0 Å². The van der Waals surface area contributed by atoms with Gasteiger partial charge in [0.05, 0.1) is 12.3 Å². The minimum atomic E-state index is -0.194. The molecule has 0 radical (unpaired) electrons. The highest BCUT2D eigenvalue weighted by molar-refractivity contribution is 5.90. The fourth-order valence-electron chi connectivity index (χ4n) is 2.93. The van der Waals surface area contributed by atoms with E-state index in [-0.39, 0.29) is 11.6 Å². The maximum atomic E-state index is 12.2. The van der Waals surface area contributed by atoms with Crippen molar-refractivity contribution in [3.63, 3.8) is 0 Å². The maximum absolute atomic E-state index is 12.2. The summed E-state index contributed by atoms with van der Waals surface area (Å²) in [6.45, 7) is 11.8. The minimum absolute atomic E-state index is 0.177. The zero-order chi connectivity index (χ0) is 18.3. The Hall–Kier alpha value is -1.79. The molecule has 1 aromatic rings. The predicted molar refractivity (Wildman–Crippen MR) is 102 cm³/mol. The fraction of sp³-hybridized carbons (Fsp3) is 0.632. The topological polar surface area (TPSA) is 56.8 Å². The van der Waals surface area contributed by atoms with Crippen molar-refractivity contribution in [1.82, 2.24) is 15.1 Å². The zero-order valence-electron chi connectivity index (χ0n) is 16.0. The molecule has 1 saturated heterocycles. The Morgan fingerprint density at radius 1 is 1.28 bits per heavy atom. The molecule has 1 fully saturated rings. The lowest BCUT2D eigenvalue weighted by molar-refractivity contribution is 0.0411. The van der Waals surface area contributed by atoms with Crippen LogP contribution in [0.2, 0.25) is 0 Å². The predicted octanol–water partition coefficient (Wildman–Crippen LogP) is 2.62. The Labute approximate surface area is 151 Å². The molecular formula is C19H32N4O2. The molecule has 0 spiro atoms. The normalized spacial score (nSPS) is 17.9. The Kier molecular flexibility index (Phi) is 7.08. The summed E-state index contributed by atoms with van der Waals surface area (Å²) in [6, 6.07) is 7.33. The Morgan fingerprint density at radius 3 is 2.76 bits per heavy atom. The number of benzene rings is 1. The standard InChI is InChI=1S/C19H32N4O2/c1-5-14-25-17-9-7-6-8-16(17)21-18(24)20-10-11-23-13-12-22(4)19(2,3)15-23/h6-9H,5,10-15H2,1-4H3,(H2,20,21,24). The van der Waals surface area contributed by atoms with Crippen LogP contribution in [-0.2, 0) is 0 Å². The van der Waals surface area contributed by atoms with Crippen LogP contribution in [0.1, 0.15) is 27.2 Å². The van der Waals surface area contributed by atoms with Crippen LogP contribution in [0.5, 0.6) is 5.75 Å². The molecule has 6 heteroatoms. The highest BCUT2D eigenvalue weighted by Crippen LogP contribution is 2.23. The van der Waals surface area contributed by atoms with Crippen molar-refractivity contribution in [3.05, 3.63) is 24.3 Å². The first-order chi connectivity index (χ1) is 11.9. The van der Waals surface area contributed by atoms with Gasteiger partial charge in [-0.05, 0) is 39.4 Å². The number of ether oxygens (including phenoxy) is 1. The number of nitrogens with zero attached hydrogens (tertiary/aromatic N) is 2. The van der Waals surface area contributed by atoms with Crippen LogP contribution in [0.4, 0.5) is 10.5 Å². The molecule has 25 heavy (non-hydrogen) atoms. The van der Waals surface area contributed by atoms with Crippen LogP contribution >= 0.6 is 0 Å². The molecule has 0 aromatic heterocycles. The number of nitrogens with one attached hydrogen (secondary N) is 2. The van der Waals surface area contributed by atoms with Crippen LogP contribution in [-0.4, -0.2) is 67.7 Å². The number of hydrogen-bond acceptors (Lipinski definition) is 4. The number of piperazine rings is 1. The summed E-state index contributed by atoms with van der Waals surface area (Å²) in [4.78, 5) is 16.9. The number of anilines is 1. The molecule has 0 atom stereocenters. The first kappa shape index (κ1) is 19.5. The number of amides is 2. The summed E-state index contributed by atoms with van der Waals surface area (Å²) in [6.07, 6.45) is 0.932. The number of para-hydroxylation sites is 2. The van der Waals surface area contributed by atoms with E-state index in [9.17, 15) is 4.79 Å². The summed E-state index contributed by atoms with van der Waals surface area (Å²) in [5.41, 5.74) is 0.880. The molecule has 6 nitrogen and oxygen atoms in total. The average Bonchev–Trinajstić information content (AvgIpc) is 2.57. The van der Waals surface area contributed by atoms with Gasteiger partial charge in [0.2, 0.25) is 0 Å². The molecule has 2 rings (SSSR count). The molecule has 1 aromatic carbocycles. The molecule has 0 unspecified atom stereocenters. The third kappa shape index (κ3) is 5.90. The molecule has 1 heterocycles. The summed E-state index contributed by atoms with van der Waals surface area (Å²) >= 11 is 0. The number of rotatable bonds is 7. The molecule has 0 aliphatic carbocycles. The third-order valence-electron chi connectivity index (χ3n) is 4.71. The average molecular weight is 348 g/mol. The quantitative estimate of drug-likeness (QED) is 0.795. The number of carbonyl (C=O) groups is 1. The fourth-order valence-corrected chi connectivity index (χ4v) is 2.93. The van der Waals surface area contributed by atoms with Crippen LogP contribution in [0.25, 0.3) is 0 Å². The lowest BCUT2D eigenvalue weighted by Gasteiger charge is -2.45. The van der Waals surface area contributed by atoms with Crippen LogP contribution in [0, 0.1) is 0 Å². The maximum Gasteiger partial charge on any atom is 0.319 e. The molecule has 2 amide bonds. The largest absolute Gasteiger partial charge is 0.491 e. The van der Waals surface area contributed by atoms with Gasteiger partial charge in [0, 0.05) is 38.3 Å². The Balaban J connectivity index is 1.76. The number of likely N-dealkylation sites (N-methyl/N-ethyl adjacent to an activating group) is 1. The van der Waals surface area contributed by atoms with Crippen LogP contribution in [0.3, 0.4) is 0 Å². The van der Waals surface area contributed by atoms with Gasteiger partial charge < -0.3 is 15.4 Å². The van der Waals surface area contributed by atoms with Gasteiger partial charge in [-0.3, -0.25) is 9.80 Å². The van der Waals surface area contributed by atoms with Gasteiger partial charge in [0.25, 0.3) is 0 Å². The summed E-state index contributed by atoms with van der Waals surface area (Å²) in [7, 11) is 2.17. The van der Waals surface area contributed by atoms with Crippen molar-refractivity contribution in [2.45, 2.75) is 32.7 Å². The Morgan fingerprint density at radius 2 is 2.04 bits per heavy atom. The molecule has 2 N–H and O–H groups in total. The van der Waals surface area contributed by atoms with E-state index in [0.717, 1.165) is 32.6 Å². The van der Waals surface area contributed by atoms with Gasteiger partial charge in [0.1, 0.15) is 5.75 Å². The van der Waals surface area contributed by atoms with Crippen LogP contribution < -0.4 is 15.4 Å². The van der Waals surface area contributed by atoms with Crippen molar-refractivity contribution < 1.29 is 9.53 Å². The van der Waals surface area contributed by atoms with Crippen molar-refractivity contribution >= 4 is 11.7 Å². The SMILES string of the molecule is CCCOc1ccccc1NC(=O)NCCN1CCN(C)C(C)(C)C1. The van der Waals surface area contributed by atoms with Gasteiger partial charge in [-0.2, -0.15) is 0 Å². The third-order valence-corrected chi connectivity index (χ3v) is 4.71. The second-order valence-electron chi connectivity index (χ2n) is 7.24. The van der Waals surface area contributed by atoms with Gasteiger partial charge >= 0.3 is 6.03 Å². The Bertz CT molecular complexity index is 562. The molecule has 1 aliphatic rings. The first-order valence-electron chi connectivity index (χ1n) is 9.12. The summed E-state index contributed by atoms with van der Waals surface area (Å²) in [5.74, 6) is 0.709. The van der Waals surface area contributed by atoms with E-state index in [1.165, 1.54) is 0 Å². The van der Waals surface area contributed by atoms with E-state index in [1.54, 1.807) is 0 Å². The van der Waals surface area contributed by atoms with E-state index < -0.39 is 0 Å². The van der Waals surface area contributed by atoms with E-state index >= 15 is 0 Å². The van der Waals surface area contributed by atoms with Crippen LogP contribution in [0.15, 0.2) is 24.3 Å². The van der Waals surface area contributed by atoms with E-state index in [4.69, 9.17) is 4.74 Å². The summed E-state index contributed by atoms with van der Waals surface area (Å²) < 4.78 is 5.66. The molecular weight excluding hydrogens is 316 g/mol. The van der Waals surface area contributed by atoms with Gasteiger partial charge in [-0.1, -0.05) is 19.1 Å². The zero-order valence-corrected chi connectivity index (χ0v) is 16.0. The first-order valence-corrected chi connectivity index (χ1v) is 9.12. The second-order valence-corrected chi connectivity index (χ2v) is 7.24. The smallest absolute Gasteiger partial charge is 0.319 e. The molecule has 0 bridgehead atoms. The lowest BCUT2D eigenvalue weighted by atomic mass is 10.00. The van der Waals surface area contributed by atoms with Crippen molar-refractivity contribution in [2.75, 3.05) is 51.7 Å². The van der Waals surface area contributed by atoms with Crippen molar-refractivity contribution in [1.29, 1.82) is 0 Å². The number of carbonyl (C=O) groups excluding carboxylic acids is 1.